The SMILES string of the molecule is CN(C(=O)c1c[nH]c(=O)n(C)c1=O)C1CN(c2cc3c(nn2)CCCC3)C1. The highest BCUT2D eigenvalue weighted by Crippen LogP contribution is 2.26. The highest BCUT2D eigenvalue weighted by atomic mass is 16.2. The fraction of sp³-hybridized carbons (Fsp3) is 0.500. The highest BCUT2D eigenvalue weighted by Gasteiger charge is 2.35. The van der Waals surface area contributed by atoms with Crippen LogP contribution in [0.3, 0.4) is 0 Å². The zero-order valence-electron chi connectivity index (χ0n) is 15.4. The van der Waals surface area contributed by atoms with Gasteiger partial charge in [-0.05, 0) is 37.3 Å². The van der Waals surface area contributed by atoms with Crippen LogP contribution in [0.25, 0.3) is 0 Å². The number of carbonyl (C=O) groups excluding carboxylic acids is 1. The molecule has 2 aromatic rings. The second-order valence-corrected chi connectivity index (χ2v) is 7.23. The van der Waals surface area contributed by atoms with Crippen LogP contribution < -0.4 is 16.1 Å². The van der Waals surface area contributed by atoms with Gasteiger partial charge in [0.05, 0.1) is 11.7 Å². The van der Waals surface area contributed by atoms with E-state index in [1.807, 2.05) is 0 Å². The Morgan fingerprint density at radius 1 is 1.22 bits per heavy atom. The molecule has 1 fully saturated rings. The van der Waals surface area contributed by atoms with Crippen molar-refractivity contribution in [3.05, 3.63) is 49.9 Å². The van der Waals surface area contributed by atoms with E-state index in [2.05, 4.69) is 26.1 Å². The normalized spacial score (nSPS) is 16.6. The van der Waals surface area contributed by atoms with E-state index >= 15 is 0 Å². The fourth-order valence-electron chi connectivity index (χ4n) is 3.59. The van der Waals surface area contributed by atoms with Gasteiger partial charge in [-0.3, -0.25) is 14.2 Å². The molecule has 1 aliphatic carbocycles. The van der Waals surface area contributed by atoms with E-state index in [9.17, 15) is 14.4 Å². The number of likely N-dealkylation sites (N-methyl/N-ethyl adjacent to an activating group) is 1. The molecule has 27 heavy (non-hydrogen) atoms. The molecule has 4 rings (SSSR count). The number of amides is 1. The summed E-state index contributed by atoms with van der Waals surface area (Å²) in [7, 11) is 3.02. The number of nitrogens with zero attached hydrogens (tertiary/aromatic N) is 5. The molecular formula is C18H22N6O3. The van der Waals surface area contributed by atoms with Gasteiger partial charge in [0.1, 0.15) is 5.56 Å². The van der Waals surface area contributed by atoms with E-state index in [1.54, 1.807) is 11.9 Å². The lowest BCUT2D eigenvalue weighted by Crippen LogP contribution is -2.60. The van der Waals surface area contributed by atoms with Crippen molar-refractivity contribution in [1.29, 1.82) is 0 Å². The lowest BCUT2D eigenvalue weighted by Gasteiger charge is -2.44. The molecule has 9 nitrogen and oxygen atoms in total. The average Bonchev–Trinajstić information content (AvgIpc) is 2.64. The molecule has 0 radical (unpaired) electrons. The first-order valence-corrected chi connectivity index (χ1v) is 9.12. The Labute approximate surface area is 155 Å². The Balaban J connectivity index is 1.45. The molecule has 3 heterocycles. The molecule has 0 aromatic carbocycles. The summed E-state index contributed by atoms with van der Waals surface area (Å²) in [5, 5.41) is 8.68. The molecule has 2 aromatic heterocycles. The third-order valence-electron chi connectivity index (χ3n) is 5.52. The first-order chi connectivity index (χ1) is 13.0. The maximum absolute atomic E-state index is 12.6. The number of fused-ring (bicyclic) bond motifs is 1. The molecule has 0 saturated carbocycles. The van der Waals surface area contributed by atoms with Crippen molar-refractivity contribution < 1.29 is 4.79 Å². The van der Waals surface area contributed by atoms with E-state index in [0.29, 0.717) is 13.1 Å². The first-order valence-electron chi connectivity index (χ1n) is 9.12. The van der Waals surface area contributed by atoms with Crippen LogP contribution in [0, 0.1) is 0 Å². The predicted octanol–water partition coefficient (Wildman–Crippen LogP) is -0.297. The standard InChI is InChI=1S/C18H22N6O3/c1-22(16(25)13-8-19-18(27)23(2)17(13)26)12-9-24(10-12)15-7-11-5-3-4-6-14(11)20-21-15/h7-8,12H,3-6,9-10H2,1-2H3,(H,19,27). The lowest BCUT2D eigenvalue weighted by molar-refractivity contribution is 0.0702. The predicted molar refractivity (Wildman–Crippen MR) is 99.1 cm³/mol. The fourth-order valence-corrected chi connectivity index (χ4v) is 3.59. The van der Waals surface area contributed by atoms with Gasteiger partial charge in [0.15, 0.2) is 5.82 Å². The highest BCUT2D eigenvalue weighted by molar-refractivity contribution is 5.93. The number of rotatable bonds is 3. The van der Waals surface area contributed by atoms with Gasteiger partial charge >= 0.3 is 5.69 Å². The first kappa shape index (κ1) is 17.4. The molecule has 1 amide bonds. The summed E-state index contributed by atoms with van der Waals surface area (Å²) >= 11 is 0. The van der Waals surface area contributed by atoms with E-state index in [4.69, 9.17) is 0 Å². The van der Waals surface area contributed by atoms with Crippen molar-refractivity contribution in [3.63, 3.8) is 0 Å². The molecule has 0 spiro atoms. The van der Waals surface area contributed by atoms with E-state index in [-0.39, 0.29) is 11.6 Å². The van der Waals surface area contributed by atoms with Gasteiger partial charge in [0.2, 0.25) is 0 Å². The van der Waals surface area contributed by atoms with Gasteiger partial charge in [-0.25, -0.2) is 4.79 Å². The largest absolute Gasteiger partial charge is 0.351 e. The van der Waals surface area contributed by atoms with Crippen molar-refractivity contribution in [2.75, 3.05) is 25.0 Å². The molecule has 0 unspecified atom stereocenters. The Hall–Kier alpha value is -2.97. The maximum Gasteiger partial charge on any atom is 0.328 e. The van der Waals surface area contributed by atoms with Gasteiger partial charge < -0.3 is 14.8 Å². The Morgan fingerprint density at radius 3 is 2.74 bits per heavy atom. The minimum atomic E-state index is -0.590. The van der Waals surface area contributed by atoms with Crippen molar-refractivity contribution in [1.82, 2.24) is 24.6 Å². The lowest BCUT2D eigenvalue weighted by atomic mass is 9.96. The second kappa shape index (κ2) is 6.64. The Morgan fingerprint density at radius 2 is 1.96 bits per heavy atom. The number of carbonyl (C=O) groups is 1. The molecular weight excluding hydrogens is 348 g/mol. The number of nitrogens with one attached hydrogen (secondary N) is 1. The van der Waals surface area contributed by atoms with Gasteiger partial charge in [-0.15, -0.1) is 5.10 Å². The Kier molecular flexibility index (Phi) is 4.29. The molecule has 0 bridgehead atoms. The number of aromatic amines is 1. The van der Waals surface area contributed by atoms with Crippen LogP contribution in [0.5, 0.6) is 0 Å². The summed E-state index contributed by atoms with van der Waals surface area (Å²) in [6, 6.07) is 2.09. The minimum Gasteiger partial charge on any atom is -0.351 e. The summed E-state index contributed by atoms with van der Waals surface area (Å²) in [5.41, 5.74) is 1.21. The van der Waals surface area contributed by atoms with Gasteiger partial charge in [0, 0.05) is 33.4 Å². The summed E-state index contributed by atoms with van der Waals surface area (Å²) in [5.74, 6) is 0.445. The van der Waals surface area contributed by atoms with Crippen molar-refractivity contribution >= 4 is 11.7 Å². The van der Waals surface area contributed by atoms with Crippen LogP contribution >= 0.6 is 0 Å². The third kappa shape index (κ3) is 3.02. The van der Waals surface area contributed by atoms with Crippen LogP contribution in [-0.2, 0) is 19.9 Å². The average molecular weight is 370 g/mol. The number of aryl methyl sites for hydroxylation is 2. The topological polar surface area (TPSA) is 104 Å². The molecule has 0 atom stereocenters. The maximum atomic E-state index is 12.6. The molecule has 142 valence electrons. The van der Waals surface area contributed by atoms with Crippen LogP contribution in [0.4, 0.5) is 5.82 Å². The van der Waals surface area contributed by atoms with Crippen LogP contribution in [-0.4, -0.2) is 56.7 Å². The smallest absolute Gasteiger partial charge is 0.328 e. The van der Waals surface area contributed by atoms with Gasteiger partial charge in [-0.1, -0.05) is 0 Å². The summed E-state index contributed by atoms with van der Waals surface area (Å²) < 4.78 is 0.900. The van der Waals surface area contributed by atoms with E-state index < -0.39 is 17.2 Å². The summed E-state index contributed by atoms with van der Waals surface area (Å²) in [4.78, 5) is 42.3. The van der Waals surface area contributed by atoms with Crippen molar-refractivity contribution in [2.24, 2.45) is 7.05 Å². The van der Waals surface area contributed by atoms with E-state index in [1.165, 1.54) is 31.6 Å². The molecule has 1 aliphatic heterocycles. The molecule has 2 aliphatic rings. The number of hydrogen-bond donors (Lipinski definition) is 1. The van der Waals surface area contributed by atoms with Crippen LogP contribution in [0.15, 0.2) is 21.9 Å². The zero-order chi connectivity index (χ0) is 19.1. The molecule has 1 N–H and O–H groups in total. The third-order valence-corrected chi connectivity index (χ3v) is 5.52. The van der Waals surface area contributed by atoms with Crippen LogP contribution in [0.2, 0.25) is 0 Å². The monoisotopic (exact) mass is 370 g/mol. The number of aromatic nitrogens is 4. The summed E-state index contributed by atoms with van der Waals surface area (Å²) in [6.45, 7) is 1.28. The minimum absolute atomic E-state index is 0.0213. The molecule has 1 saturated heterocycles. The van der Waals surface area contributed by atoms with Gasteiger partial charge in [-0.2, -0.15) is 5.10 Å². The quantitative estimate of drug-likeness (QED) is 0.796. The molecule has 9 heteroatoms. The summed E-state index contributed by atoms with van der Waals surface area (Å²) in [6.07, 6.45) is 5.59. The van der Waals surface area contributed by atoms with Crippen molar-refractivity contribution in [2.45, 2.75) is 31.7 Å². The Bertz CT molecular complexity index is 1000. The van der Waals surface area contributed by atoms with Crippen LogP contribution in [0.1, 0.15) is 34.5 Å². The zero-order valence-corrected chi connectivity index (χ0v) is 15.4. The number of hydrogen-bond acceptors (Lipinski definition) is 6. The second-order valence-electron chi connectivity index (χ2n) is 7.23. The van der Waals surface area contributed by atoms with E-state index in [0.717, 1.165) is 28.9 Å². The van der Waals surface area contributed by atoms with Gasteiger partial charge in [0.25, 0.3) is 11.5 Å². The van der Waals surface area contributed by atoms with Crippen molar-refractivity contribution in [3.8, 4) is 0 Å². The number of anilines is 1. The number of H-pyrrole nitrogens is 1.